The van der Waals surface area contributed by atoms with Crippen molar-refractivity contribution in [2.75, 3.05) is 0 Å². The largest absolute Gasteiger partial charge is 0.478 e. The summed E-state index contributed by atoms with van der Waals surface area (Å²) in [7, 11) is 0. The van der Waals surface area contributed by atoms with Crippen LogP contribution in [0.3, 0.4) is 0 Å². The molecule has 0 radical (unpaired) electrons. The van der Waals surface area contributed by atoms with E-state index in [1.807, 2.05) is 22.6 Å². The van der Waals surface area contributed by atoms with Crippen molar-refractivity contribution in [3.05, 3.63) is 11.6 Å². The highest BCUT2D eigenvalue weighted by Crippen LogP contribution is 2.24. The molecule has 5 heteroatoms. The standard InChI is InChI=1S/C7H9IO4/c8-4-1-3(7(11)12)2-5(9)6(4)10/h1,4-6,9-10H,2H2,(H,11,12)/t4-,5-,6+/m0/s1. The van der Waals surface area contributed by atoms with Crippen LogP contribution < -0.4 is 0 Å². The minimum atomic E-state index is -1.03. The Morgan fingerprint density at radius 3 is 2.58 bits per heavy atom. The summed E-state index contributed by atoms with van der Waals surface area (Å²) >= 11 is 1.90. The maximum absolute atomic E-state index is 10.5. The third-order valence-electron chi connectivity index (χ3n) is 1.78. The molecule has 0 aromatic heterocycles. The maximum Gasteiger partial charge on any atom is 0.331 e. The minimum Gasteiger partial charge on any atom is -0.478 e. The minimum absolute atomic E-state index is 0.0238. The van der Waals surface area contributed by atoms with E-state index in [9.17, 15) is 15.0 Å². The van der Waals surface area contributed by atoms with E-state index in [4.69, 9.17) is 5.11 Å². The lowest BCUT2D eigenvalue weighted by molar-refractivity contribution is -0.133. The Kier molecular flexibility index (Phi) is 3.08. The third kappa shape index (κ3) is 1.96. The van der Waals surface area contributed by atoms with E-state index in [0.717, 1.165) is 0 Å². The van der Waals surface area contributed by atoms with E-state index < -0.39 is 18.2 Å². The van der Waals surface area contributed by atoms with Crippen LogP contribution in [0.2, 0.25) is 0 Å². The van der Waals surface area contributed by atoms with Gasteiger partial charge in [-0.1, -0.05) is 28.7 Å². The first-order chi connectivity index (χ1) is 5.52. The quantitative estimate of drug-likeness (QED) is 0.465. The van der Waals surface area contributed by atoms with Crippen LogP contribution in [0, 0.1) is 0 Å². The van der Waals surface area contributed by atoms with Crippen LogP contribution in [0.15, 0.2) is 11.6 Å². The van der Waals surface area contributed by atoms with Gasteiger partial charge < -0.3 is 15.3 Å². The van der Waals surface area contributed by atoms with Gasteiger partial charge in [0.25, 0.3) is 0 Å². The molecular formula is C7H9IO4. The number of alkyl halides is 1. The zero-order valence-electron chi connectivity index (χ0n) is 6.14. The molecule has 0 spiro atoms. The van der Waals surface area contributed by atoms with E-state index in [0.29, 0.717) is 0 Å². The Labute approximate surface area is 83.0 Å². The van der Waals surface area contributed by atoms with Gasteiger partial charge in [-0.25, -0.2) is 4.79 Å². The van der Waals surface area contributed by atoms with Gasteiger partial charge in [0.15, 0.2) is 0 Å². The number of aliphatic hydroxyl groups excluding tert-OH is 2. The lowest BCUT2D eigenvalue weighted by Crippen LogP contribution is -2.37. The summed E-state index contributed by atoms with van der Waals surface area (Å²) in [5.74, 6) is -1.03. The maximum atomic E-state index is 10.5. The van der Waals surface area contributed by atoms with Crippen molar-refractivity contribution in [1.29, 1.82) is 0 Å². The predicted octanol–water partition coefficient (Wildman–Crippen LogP) is -0.0735. The van der Waals surface area contributed by atoms with Gasteiger partial charge >= 0.3 is 5.97 Å². The fraction of sp³-hybridized carbons (Fsp3) is 0.571. The Hall–Kier alpha value is -0.140. The second-order valence-electron chi connectivity index (χ2n) is 2.70. The molecule has 3 atom stereocenters. The van der Waals surface area contributed by atoms with Crippen LogP contribution in [0.1, 0.15) is 6.42 Å². The molecule has 12 heavy (non-hydrogen) atoms. The molecule has 0 aliphatic heterocycles. The number of carbonyl (C=O) groups is 1. The Morgan fingerprint density at radius 1 is 1.58 bits per heavy atom. The van der Waals surface area contributed by atoms with Crippen molar-refractivity contribution < 1.29 is 20.1 Å². The number of hydrogen-bond acceptors (Lipinski definition) is 3. The van der Waals surface area contributed by atoms with Crippen LogP contribution in [-0.2, 0) is 4.79 Å². The van der Waals surface area contributed by atoms with E-state index in [1.165, 1.54) is 6.08 Å². The van der Waals surface area contributed by atoms with Crippen molar-refractivity contribution in [2.45, 2.75) is 22.6 Å². The average Bonchev–Trinajstić information content (AvgIpc) is 1.99. The summed E-state index contributed by atoms with van der Waals surface area (Å²) in [6.45, 7) is 0. The van der Waals surface area contributed by atoms with Crippen LogP contribution in [0.25, 0.3) is 0 Å². The molecule has 3 N–H and O–H groups in total. The number of halogens is 1. The number of aliphatic hydroxyl groups is 2. The molecule has 0 amide bonds. The Bertz CT molecular complexity index is 225. The molecule has 4 nitrogen and oxygen atoms in total. The molecule has 1 aliphatic rings. The zero-order valence-corrected chi connectivity index (χ0v) is 8.30. The molecule has 0 fully saturated rings. The van der Waals surface area contributed by atoms with Crippen molar-refractivity contribution >= 4 is 28.6 Å². The molecule has 68 valence electrons. The molecule has 0 unspecified atom stereocenters. The molecule has 1 rings (SSSR count). The van der Waals surface area contributed by atoms with Gasteiger partial charge in [0.05, 0.1) is 16.1 Å². The van der Waals surface area contributed by atoms with Crippen LogP contribution in [0.5, 0.6) is 0 Å². The van der Waals surface area contributed by atoms with E-state index in [1.54, 1.807) is 0 Å². The van der Waals surface area contributed by atoms with Gasteiger partial charge in [0.1, 0.15) is 0 Å². The summed E-state index contributed by atoms with van der Waals surface area (Å²) in [4.78, 5) is 10.5. The van der Waals surface area contributed by atoms with Gasteiger partial charge in [-0.05, 0) is 0 Å². The van der Waals surface area contributed by atoms with Crippen LogP contribution >= 0.6 is 22.6 Å². The predicted molar refractivity (Wildman–Crippen MR) is 50.2 cm³/mol. The first-order valence-electron chi connectivity index (χ1n) is 3.46. The van der Waals surface area contributed by atoms with Crippen molar-refractivity contribution in [2.24, 2.45) is 0 Å². The number of carboxylic acid groups (broad SMARTS) is 1. The molecule has 0 bridgehead atoms. The normalized spacial score (nSPS) is 35.9. The molecule has 0 aromatic rings. The molecule has 0 aromatic carbocycles. The zero-order chi connectivity index (χ0) is 9.30. The lowest BCUT2D eigenvalue weighted by atomic mass is 9.94. The molecule has 1 aliphatic carbocycles. The highest BCUT2D eigenvalue weighted by Gasteiger charge is 2.30. The summed E-state index contributed by atoms with van der Waals surface area (Å²) < 4.78 is -0.322. The van der Waals surface area contributed by atoms with E-state index >= 15 is 0 Å². The molecule has 0 saturated carbocycles. The van der Waals surface area contributed by atoms with Crippen molar-refractivity contribution in [3.63, 3.8) is 0 Å². The highest BCUT2D eigenvalue weighted by molar-refractivity contribution is 14.1. The van der Waals surface area contributed by atoms with Gasteiger partial charge in [0, 0.05) is 12.0 Å². The summed E-state index contributed by atoms with van der Waals surface area (Å²) in [5.41, 5.74) is 0.173. The number of aliphatic carboxylic acids is 1. The Balaban J connectivity index is 2.81. The fourth-order valence-electron chi connectivity index (χ4n) is 1.08. The van der Waals surface area contributed by atoms with Gasteiger partial charge in [-0.3, -0.25) is 0 Å². The van der Waals surface area contributed by atoms with Crippen molar-refractivity contribution in [3.8, 4) is 0 Å². The first-order valence-corrected chi connectivity index (χ1v) is 4.71. The number of hydrogen-bond donors (Lipinski definition) is 3. The summed E-state index contributed by atoms with van der Waals surface area (Å²) in [5, 5.41) is 27.1. The van der Waals surface area contributed by atoms with Gasteiger partial charge in [-0.15, -0.1) is 0 Å². The Morgan fingerprint density at radius 2 is 2.17 bits per heavy atom. The fourth-order valence-corrected chi connectivity index (χ4v) is 1.99. The monoisotopic (exact) mass is 284 g/mol. The smallest absolute Gasteiger partial charge is 0.331 e. The third-order valence-corrected chi connectivity index (χ3v) is 2.88. The summed E-state index contributed by atoms with van der Waals surface area (Å²) in [6, 6.07) is 0. The number of rotatable bonds is 1. The topological polar surface area (TPSA) is 77.8 Å². The van der Waals surface area contributed by atoms with Gasteiger partial charge in [-0.2, -0.15) is 0 Å². The van der Waals surface area contributed by atoms with Crippen LogP contribution in [-0.4, -0.2) is 37.4 Å². The summed E-state index contributed by atoms with van der Waals surface area (Å²) in [6.07, 6.45) is -0.312. The number of carboxylic acids is 1. The molecular weight excluding hydrogens is 275 g/mol. The molecule has 0 heterocycles. The highest BCUT2D eigenvalue weighted by atomic mass is 127. The van der Waals surface area contributed by atoms with E-state index in [-0.39, 0.29) is 15.9 Å². The second-order valence-corrected chi connectivity index (χ2v) is 4.14. The average molecular weight is 284 g/mol. The van der Waals surface area contributed by atoms with Gasteiger partial charge in [0.2, 0.25) is 0 Å². The van der Waals surface area contributed by atoms with Crippen molar-refractivity contribution in [1.82, 2.24) is 0 Å². The molecule has 0 saturated heterocycles. The SMILES string of the molecule is O=C(O)C1=C[C@H](I)[C@@H](O)[C@@H](O)C1. The first kappa shape index (κ1) is 9.94. The van der Waals surface area contributed by atoms with E-state index in [2.05, 4.69) is 0 Å². The second kappa shape index (κ2) is 3.71. The van der Waals surface area contributed by atoms with Crippen LogP contribution in [0.4, 0.5) is 0 Å². The lowest BCUT2D eigenvalue weighted by Gasteiger charge is -2.25.